The van der Waals surface area contributed by atoms with Gasteiger partial charge in [0.15, 0.2) is 5.78 Å². The van der Waals surface area contributed by atoms with Crippen LogP contribution >= 0.6 is 0 Å². The molecule has 5 heteroatoms. The SMILES string of the molecule is CCc1cn(CC(=O)c2ccc(C)cc2C)c(=O)[nH]c1=O. The van der Waals surface area contributed by atoms with Crippen LogP contribution in [0.3, 0.4) is 0 Å². The highest BCUT2D eigenvalue weighted by atomic mass is 16.2. The lowest BCUT2D eigenvalue weighted by Crippen LogP contribution is -2.33. The van der Waals surface area contributed by atoms with Crippen molar-refractivity contribution in [3.8, 4) is 0 Å². The van der Waals surface area contributed by atoms with Crippen molar-refractivity contribution in [3.05, 3.63) is 67.5 Å². The number of aromatic amines is 1. The maximum atomic E-state index is 12.3. The third-order valence-electron chi connectivity index (χ3n) is 3.46. The average molecular weight is 286 g/mol. The van der Waals surface area contributed by atoms with Crippen molar-refractivity contribution < 1.29 is 4.79 Å². The van der Waals surface area contributed by atoms with E-state index in [1.165, 1.54) is 10.8 Å². The monoisotopic (exact) mass is 286 g/mol. The number of hydrogen-bond acceptors (Lipinski definition) is 3. The molecule has 0 amide bonds. The van der Waals surface area contributed by atoms with Crippen LogP contribution in [-0.2, 0) is 13.0 Å². The molecule has 5 nitrogen and oxygen atoms in total. The van der Waals surface area contributed by atoms with Gasteiger partial charge in [0, 0.05) is 17.3 Å². The van der Waals surface area contributed by atoms with E-state index in [0.29, 0.717) is 17.5 Å². The Kier molecular flexibility index (Phi) is 4.21. The zero-order valence-corrected chi connectivity index (χ0v) is 12.4. The van der Waals surface area contributed by atoms with Crippen LogP contribution in [0.4, 0.5) is 0 Å². The highest BCUT2D eigenvalue weighted by Gasteiger charge is 2.12. The van der Waals surface area contributed by atoms with Crippen molar-refractivity contribution in [2.45, 2.75) is 33.7 Å². The van der Waals surface area contributed by atoms with Gasteiger partial charge in [-0.3, -0.25) is 19.1 Å². The van der Waals surface area contributed by atoms with E-state index in [1.54, 1.807) is 6.07 Å². The molecule has 1 heterocycles. The van der Waals surface area contributed by atoms with Gasteiger partial charge in [-0.2, -0.15) is 0 Å². The molecule has 2 aromatic rings. The lowest BCUT2D eigenvalue weighted by Gasteiger charge is -2.08. The largest absolute Gasteiger partial charge is 0.328 e. The molecule has 0 atom stereocenters. The Morgan fingerprint density at radius 3 is 2.57 bits per heavy atom. The number of aryl methyl sites for hydroxylation is 3. The molecule has 0 aliphatic heterocycles. The molecule has 1 N–H and O–H groups in total. The predicted octanol–water partition coefficient (Wildman–Crippen LogP) is 1.60. The molecule has 0 aliphatic rings. The molecule has 0 unspecified atom stereocenters. The lowest BCUT2D eigenvalue weighted by atomic mass is 10.0. The Morgan fingerprint density at radius 2 is 1.95 bits per heavy atom. The van der Waals surface area contributed by atoms with E-state index in [1.807, 2.05) is 32.9 Å². The summed E-state index contributed by atoms with van der Waals surface area (Å²) < 4.78 is 1.25. The predicted molar refractivity (Wildman–Crippen MR) is 80.9 cm³/mol. The van der Waals surface area contributed by atoms with E-state index in [9.17, 15) is 14.4 Å². The van der Waals surface area contributed by atoms with E-state index < -0.39 is 11.2 Å². The van der Waals surface area contributed by atoms with Gasteiger partial charge in [-0.1, -0.05) is 30.7 Å². The Hall–Kier alpha value is -2.43. The number of H-pyrrole nitrogens is 1. The molecular weight excluding hydrogens is 268 g/mol. The summed E-state index contributed by atoms with van der Waals surface area (Å²) in [6.07, 6.45) is 1.97. The maximum absolute atomic E-state index is 12.3. The minimum Gasteiger partial charge on any atom is -0.293 e. The zero-order chi connectivity index (χ0) is 15.6. The maximum Gasteiger partial charge on any atom is 0.328 e. The van der Waals surface area contributed by atoms with Gasteiger partial charge >= 0.3 is 5.69 Å². The van der Waals surface area contributed by atoms with Crippen LogP contribution < -0.4 is 11.2 Å². The zero-order valence-electron chi connectivity index (χ0n) is 12.4. The number of ketones is 1. The van der Waals surface area contributed by atoms with Crippen molar-refractivity contribution in [2.24, 2.45) is 0 Å². The summed E-state index contributed by atoms with van der Waals surface area (Å²) in [5.41, 5.74) is 2.10. The van der Waals surface area contributed by atoms with Crippen LogP contribution in [0.25, 0.3) is 0 Å². The van der Waals surface area contributed by atoms with Crippen molar-refractivity contribution in [3.63, 3.8) is 0 Å². The quantitative estimate of drug-likeness (QED) is 0.868. The van der Waals surface area contributed by atoms with Gasteiger partial charge in [-0.25, -0.2) is 4.79 Å². The van der Waals surface area contributed by atoms with Crippen LogP contribution in [-0.4, -0.2) is 15.3 Å². The summed E-state index contributed by atoms with van der Waals surface area (Å²) in [4.78, 5) is 37.9. The number of nitrogens with zero attached hydrogens (tertiary/aromatic N) is 1. The summed E-state index contributed by atoms with van der Waals surface area (Å²) >= 11 is 0. The van der Waals surface area contributed by atoms with E-state index >= 15 is 0 Å². The van der Waals surface area contributed by atoms with Gasteiger partial charge < -0.3 is 0 Å². The number of rotatable bonds is 4. The summed E-state index contributed by atoms with van der Waals surface area (Å²) in [7, 11) is 0. The fourth-order valence-electron chi connectivity index (χ4n) is 2.29. The van der Waals surface area contributed by atoms with Crippen LogP contribution in [0.2, 0.25) is 0 Å². The second kappa shape index (κ2) is 5.91. The van der Waals surface area contributed by atoms with E-state index in [0.717, 1.165) is 11.1 Å². The fourth-order valence-corrected chi connectivity index (χ4v) is 2.29. The lowest BCUT2D eigenvalue weighted by molar-refractivity contribution is 0.0969. The summed E-state index contributed by atoms with van der Waals surface area (Å²) in [6.45, 7) is 5.58. The number of benzene rings is 1. The molecule has 0 bridgehead atoms. The van der Waals surface area contributed by atoms with Crippen molar-refractivity contribution in [1.82, 2.24) is 9.55 Å². The number of aromatic nitrogens is 2. The molecule has 1 aromatic carbocycles. The first-order chi connectivity index (χ1) is 9.92. The van der Waals surface area contributed by atoms with Crippen LogP contribution in [0, 0.1) is 13.8 Å². The first-order valence-electron chi connectivity index (χ1n) is 6.85. The van der Waals surface area contributed by atoms with Crippen LogP contribution in [0.5, 0.6) is 0 Å². The second-order valence-electron chi connectivity index (χ2n) is 5.14. The Bertz CT molecular complexity index is 800. The second-order valence-corrected chi connectivity index (χ2v) is 5.14. The molecular formula is C16H18N2O3. The Balaban J connectivity index is 2.36. The van der Waals surface area contributed by atoms with Crippen molar-refractivity contribution in [2.75, 3.05) is 0 Å². The number of carbonyl (C=O) groups excluding carboxylic acids is 1. The van der Waals surface area contributed by atoms with Gasteiger partial charge in [0.25, 0.3) is 5.56 Å². The topological polar surface area (TPSA) is 71.9 Å². The number of Topliss-reactive ketones (excluding diaryl/α,β-unsaturated/α-hetero) is 1. The first kappa shape index (κ1) is 15.0. The minimum absolute atomic E-state index is 0.0769. The molecule has 0 radical (unpaired) electrons. The number of hydrogen-bond donors (Lipinski definition) is 1. The highest BCUT2D eigenvalue weighted by Crippen LogP contribution is 2.11. The van der Waals surface area contributed by atoms with Crippen molar-refractivity contribution in [1.29, 1.82) is 0 Å². The molecule has 0 saturated carbocycles. The van der Waals surface area contributed by atoms with E-state index in [2.05, 4.69) is 4.98 Å². The molecule has 0 fully saturated rings. The van der Waals surface area contributed by atoms with Gasteiger partial charge in [-0.05, 0) is 25.8 Å². The highest BCUT2D eigenvalue weighted by molar-refractivity contribution is 5.97. The Labute approximate surface area is 122 Å². The Morgan fingerprint density at radius 1 is 1.24 bits per heavy atom. The third-order valence-corrected chi connectivity index (χ3v) is 3.46. The molecule has 110 valence electrons. The van der Waals surface area contributed by atoms with Crippen LogP contribution in [0.15, 0.2) is 34.0 Å². The molecule has 0 saturated heterocycles. The third kappa shape index (κ3) is 3.18. The number of carbonyl (C=O) groups is 1. The van der Waals surface area contributed by atoms with Gasteiger partial charge in [0.2, 0.25) is 0 Å². The van der Waals surface area contributed by atoms with Crippen LogP contribution in [0.1, 0.15) is 34.0 Å². The first-order valence-corrected chi connectivity index (χ1v) is 6.85. The molecule has 21 heavy (non-hydrogen) atoms. The fraction of sp³-hybridized carbons (Fsp3) is 0.312. The summed E-state index contributed by atoms with van der Waals surface area (Å²) in [6, 6.07) is 5.57. The molecule has 0 aliphatic carbocycles. The molecule has 2 rings (SSSR count). The number of nitrogens with one attached hydrogen (secondary N) is 1. The van der Waals surface area contributed by atoms with Gasteiger partial charge in [0.1, 0.15) is 0 Å². The summed E-state index contributed by atoms with van der Waals surface area (Å²) in [5, 5.41) is 0. The standard InChI is InChI=1S/C16H18N2O3/c1-4-12-8-18(16(21)17-15(12)20)9-14(19)13-6-5-10(2)7-11(13)3/h5-8H,4,9H2,1-3H3,(H,17,20,21). The molecule has 0 spiro atoms. The average Bonchev–Trinajstić information content (AvgIpc) is 2.41. The van der Waals surface area contributed by atoms with Gasteiger partial charge in [0.05, 0.1) is 6.54 Å². The van der Waals surface area contributed by atoms with E-state index in [4.69, 9.17) is 0 Å². The smallest absolute Gasteiger partial charge is 0.293 e. The van der Waals surface area contributed by atoms with Crippen molar-refractivity contribution >= 4 is 5.78 Å². The summed E-state index contributed by atoms with van der Waals surface area (Å²) in [5.74, 6) is -0.149. The van der Waals surface area contributed by atoms with E-state index in [-0.39, 0.29) is 12.3 Å². The minimum atomic E-state index is -0.560. The normalized spacial score (nSPS) is 10.6. The molecule has 1 aromatic heterocycles. The van der Waals surface area contributed by atoms with Gasteiger partial charge in [-0.15, -0.1) is 0 Å².